The lowest BCUT2D eigenvalue weighted by Gasteiger charge is -2.26. The van der Waals surface area contributed by atoms with Gasteiger partial charge >= 0.3 is 0 Å². The molecule has 0 saturated carbocycles. The number of likely N-dealkylation sites (N-methyl/N-ethyl adjacent to an activating group) is 1. The van der Waals surface area contributed by atoms with E-state index in [1.165, 1.54) is 20.9 Å². The van der Waals surface area contributed by atoms with Gasteiger partial charge in [0.25, 0.3) is 0 Å². The Morgan fingerprint density at radius 3 is 1.93 bits per heavy atom. The van der Waals surface area contributed by atoms with Gasteiger partial charge in [0.05, 0.1) is 6.10 Å². The monoisotopic (exact) mass is 415 g/mol. The van der Waals surface area contributed by atoms with Gasteiger partial charge in [-0.25, -0.2) is 0 Å². The first-order valence-corrected chi connectivity index (χ1v) is 10.0. The summed E-state index contributed by atoms with van der Waals surface area (Å²) in [5.74, 6) is -1.81. The van der Waals surface area contributed by atoms with Gasteiger partial charge in [-0.1, -0.05) is 13.8 Å². The van der Waals surface area contributed by atoms with Crippen molar-refractivity contribution >= 4 is 23.6 Å². The summed E-state index contributed by atoms with van der Waals surface area (Å²) in [5.41, 5.74) is 5.51. The number of rotatable bonds is 13. The van der Waals surface area contributed by atoms with Crippen molar-refractivity contribution in [3.05, 3.63) is 0 Å². The minimum atomic E-state index is -1.19. The summed E-state index contributed by atoms with van der Waals surface area (Å²) in [6.45, 7) is 6.91. The molecule has 0 bridgehead atoms. The van der Waals surface area contributed by atoms with Crippen LogP contribution >= 0.6 is 0 Å². The van der Waals surface area contributed by atoms with Crippen molar-refractivity contribution in [2.24, 2.45) is 11.7 Å². The molecule has 4 amide bonds. The van der Waals surface area contributed by atoms with Gasteiger partial charge in [-0.3, -0.25) is 19.2 Å². The Morgan fingerprint density at radius 2 is 1.48 bits per heavy atom. The smallest absolute Gasteiger partial charge is 0.245 e. The highest BCUT2D eigenvalue weighted by atomic mass is 16.3. The molecule has 0 aliphatic rings. The van der Waals surface area contributed by atoms with E-state index in [9.17, 15) is 24.3 Å². The van der Waals surface area contributed by atoms with E-state index in [1.54, 1.807) is 0 Å². The summed E-state index contributed by atoms with van der Waals surface area (Å²) in [5, 5.41) is 20.0. The molecule has 0 aromatic rings. The molecule has 0 spiro atoms. The Balaban J connectivity index is 5.35. The normalized spacial score (nSPS) is 15.0. The molecule has 4 atom stereocenters. The second kappa shape index (κ2) is 13.9. The fourth-order valence-electron chi connectivity index (χ4n) is 2.80. The van der Waals surface area contributed by atoms with Crippen molar-refractivity contribution in [1.29, 1.82) is 0 Å². The summed E-state index contributed by atoms with van der Waals surface area (Å²) in [7, 11) is 1.49. The zero-order valence-corrected chi connectivity index (χ0v) is 18.1. The van der Waals surface area contributed by atoms with Gasteiger partial charge < -0.3 is 32.1 Å². The molecular weight excluding hydrogens is 378 g/mol. The first-order valence-electron chi connectivity index (χ1n) is 10.0. The Labute approximate surface area is 172 Å². The van der Waals surface area contributed by atoms with Crippen LogP contribution in [0.25, 0.3) is 0 Å². The number of nitrogens with two attached hydrogens (primary N) is 1. The topological polar surface area (TPSA) is 163 Å². The van der Waals surface area contributed by atoms with Crippen LogP contribution in [0.5, 0.6) is 0 Å². The van der Waals surface area contributed by atoms with E-state index in [0.29, 0.717) is 32.2 Å². The first kappa shape index (κ1) is 26.8. The van der Waals surface area contributed by atoms with Gasteiger partial charge in [-0.15, -0.1) is 0 Å². The van der Waals surface area contributed by atoms with Crippen LogP contribution in [0.3, 0.4) is 0 Å². The Kier molecular flexibility index (Phi) is 12.8. The second-order valence-electron chi connectivity index (χ2n) is 7.57. The summed E-state index contributed by atoms with van der Waals surface area (Å²) in [6, 6.07) is -2.85. The van der Waals surface area contributed by atoms with Crippen molar-refractivity contribution in [3.63, 3.8) is 0 Å². The Morgan fingerprint density at radius 1 is 0.897 bits per heavy atom. The van der Waals surface area contributed by atoms with E-state index >= 15 is 0 Å². The molecule has 168 valence electrons. The number of hydrogen-bond donors (Lipinski definition) is 6. The maximum Gasteiger partial charge on any atom is 0.245 e. The quantitative estimate of drug-likeness (QED) is 0.206. The van der Waals surface area contributed by atoms with E-state index in [-0.39, 0.29) is 11.8 Å². The number of aliphatic hydroxyl groups excluding tert-OH is 1. The van der Waals surface area contributed by atoms with Crippen LogP contribution < -0.4 is 27.0 Å². The molecule has 0 aromatic heterocycles. The minimum Gasteiger partial charge on any atom is -0.391 e. The SMILES string of the molecule is CNC(=O)C(CC(C)C)NC(=O)C(CCCCN)NC(=O)C(NC(C)=O)C(C)O. The van der Waals surface area contributed by atoms with Crippen molar-refractivity contribution in [3.8, 4) is 0 Å². The molecule has 10 nitrogen and oxygen atoms in total. The van der Waals surface area contributed by atoms with Crippen LogP contribution in [0.4, 0.5) is 0 Å². The van der Waals surface area contributed by atoms with Crippen molar-refractivity contribution in [2.75, 3.05) is 13.6 Å². The number of hydrogen-bond acceptors (Lipinski definition) is 6. The lowest BCUT2D eigenvalue weighted by atomic mass is 10.0. The molecule has 4 unspecified atom stereocenters. The molecule has 0 aliphatic heterocycles. The molecule has 0 rings (SSSR count). The molecular formula is C19H37N5O5. The van der Waals surface area contributed by atoms with Crippen LogP contribution in [-0.4, -0.2) is 66.6 Å². The van der Waals surface area contributed by atoms with Crippen molar-refractivity contribution < 1.29 is 24.3 Å². The van der Waals surface area contributed by atoms with Crippen LogP contribution in [0.1, 0.15) is 53.4 Å². The molecule has 29 heavy (non-hydrogen) atoms. The lowest BCUT2D eigenvalue weighted by molar-refractivity contribution is -0.135. The summed E-state index contributed by atoms with van der Waals surface area (Å²) < 4.78 is 0. The Bertz CT molecular complexity index is 553. The molecule has 0 radical (unpaired) electrons. The van der Waals surface area contributed by atoms with E-state index in [2.05, 4.69) is 21.3 Å². The van der Waals surface area contributed by atoms with Crippen LogP contribution in [0.2, 0.25) is 0 Å². The highest BCUT2D eigenvalue weighted by Crippen LogP contribution is 2.08. The van der Waals surface area contributed by atoms with Crippen LogP contribution in [-0.2, 0) is 19.2 Å². The predicted octanol–water partition coefficient (Wildman–Crippen LogP) is -1.24. The average molecular weight is 416 g/mol. The molecule has 0 saturated heterocycles. The minimum absolute atomic E-state index is 0.169. The standard InChI is InChI=1S/C19H37N5O5/c1-11(2)10-15(17(27)21-5)24-18(28)14(8-6-7-9-20)23-19(29)16(12(3)25)22-13(4)26/h11-12,14-16,25H,6-10,20H2,1-5H3,(H,21,27)(H,22,26)(H,23,29)(H,24,28). The zero-order valence-electron chi connectivity index (χ0n) is 18.1. The molecule has 0 heterocycles. The predicted molar refractivity (Wildman–Crippen MR) is 110 cm³/mol. The summed E-state index contributed by atoms with van der Waals surface area (Å²) in [6.07, 6.45) is 0.853. The lowest BCUT2D eigenvalue weighted by Crippen LogP contribution is -2.58. The van der Waals surface area contributed by atoms with Gasteiger partial charge in [0.15, 0.2) is 0 Å². The molecule has 0 aliphatic carbocycles. The average Bonchev–Trinajstić information content (AvgIpc) is 2.63. The number of nitrogens with one attached hydrogen (secondary N) is 4. The van der Waals surface area contributed by atoms with Gasteiger partial charge in [0, 0.05) is 14.0 Å². The van der Waals surface area contributed by atoms with Crippen LogP contribution in [0.15, 0.2) is 0 Å². The third kappa shape index (κ3) is 10.8. The summed E-state index contributed by atoms with van der Waals surface area (Å²) >= 11 is 0. The highest BCUT2D eigenvalue weighted by Gasteiger charge is 2.30. The number of aliphatic hydroxyl groups is 1. The number of carbonyl (C=O) groups is 4. The van der Waals surface area contributed by atoms with E-state index < -0.39 is 42.0 Å². The number of amides is 4. The molecule has 0 aromatic carbocycles. The maximum absolute atomic E-state index is 12.8. The second-order valence-corrected chi connectivity index (χ2v) is 7.57. The third-order valence-electron chi connectivity index (χ3n) is 4.29. The van der Waals surface area contributed by atoms with Gasteiger partial charge in [-0.2, -0.15) is 0 Å². The number of unbranched alkanes of at least 4 members (excludes halogenated alkanes) is 1. The van der Waals surface area contributed by atoms with E-state index in [1.807, 2.05) is 13.8 Å². The highest BCUT2D eigenvalue weighted by molar-refractivity contribution is 5.94. The Hall–Kier alpha value is -2.20. The zero-order chi connectivity index (χ0) is 22.6. The van der Waals surface area contributed by atoms with Crippen molar-refractivity contribution in [2.45, 2.75) is 77.6 Å². The van der Waals surface area contributed by atoms with E-state index in [0.717, 1.165) is 0 Å². The first-order chi connectivity index (χ1) is 13.5. The molecule has 7 N–H and O–H groups in total. The fourth-order valence-corrected chi connectivity index (χ4v) is 2.80. The van der Waals surface area contributed by atoms with Gasteiger partial charge in [0.2, 0.25) is 23.6 Å². The number of carbonyl (C=O) groups excluding carboxylic acids is 4. The van der Waals surface area contributed by atoms with Gasteiger partial charge in [-0.05, 0) is 45.1 Å². The maximum atomic E-state index is 12.8. The fraction of sp³-hybridized carbons (Fsp3) is 0.789. The largest absolute Gasteiger partial charge is 0.391 e. The third-order valence-corrected chi connectivity index (χ3v) is 4.29. The van der Waals surface area contributed by atoms with E-state index in [4.69, 9.17) is 5.73 Å². The van der Waals surface area contributed by atoms with Crippen molar-refractivity contribution in [1.82, 2.24) is 21.3 Å². The molecule has 0 fully saturated rings. The summed E-state index contributed by atoms with van der Waals surface area (Å²) in [4.78, 5) is 48.8. The van der Waals surface area contributed by atoms with Gasteiger partial charge in [0.1, 0.15) is 18.1 Å². The molecule has 10 heteroatoms. The van der Waals surface area contributed by atoms with Crippen LogP contribution in [0, 0.1) is 5.92 Å².